The molecule has 9 heteroatoms. The van der Waals surface area contributed by atoms with Gasteiger partial charge in [-0.05, 0) is 23.3 Å². The molecular weight excluding hydrogens is 527 g/mol. The van der Waals surface area contributed by atoms with Crippen molar-refractivity contribution in [2.75, 3.05) is 60.2 Å². The van der Waals surface area contributed by atoms with Gasteiger partial charge in [0.25, 0.3) is 0 Å². The second kappa shape index (κ2) is 16.2. The molecule has 1 heterocycles. The van der Waals surface area contributed by atoms with Crippen LogP contribution in [0.5, 0.6) is 17.2 Å². The summed E-state index contributed by atoms with van der Waals surface area (Å²) < 4.78 is 21.4. The molecule has 7 nitrogen and oxygen atoms in total. The zero-order valence-electron chi connectivity index (χ0n) is 21.8. The molecule has 0 N–H and O–H groups in total. The molecule has 38 heavy (non-hydrogen) atoms. The normalized spacial score (nSPS) is 13.8. The summed E-state index contributed by atoms with van der Waals surface area (Å²) in [5, 5.41) is 0. The smallest absolute Gasteiger partial charge is 0.337 e. The monoisotopic (exact) mass is 562 g/mol. The maximum absolute atomic E-state index is 12.2. The second-order valence-electron chi connectivity index (χ2n) is 8.64. The van der Waals surface area contributed by atoms with Crippen molar-refractivity contribution in [2.24, 2.45) is 0 Å². The molecular formula is C29H36Cl2N2O5. The van der Waals surface area contributed by atoms with Gasteiger partial charge < -0.3 is 18.9 Å². The van der Waals surface area contributed by atoms with E-state index >= 15 is 0 Å². The third-order valence-corrected chi connectivity index (χ3v) is 6.36. The van der Waals surface area contributed by atoms with E-state index in [9.17, 15) is 4.79 Å². The summed E-state index contributed by atoms with van der Waals surface area (Å²) >= 11 is 0. The predicted octanol–water partition coefficient (Wildman–Crippen LogP) is 4.88. The standard InChI is InChI=1S/C29H34N2O5.2ClH/c1-33-26-14-13-25(21-27(26)34-2)36-28(32)22-35-20-19-30-15-17-31(18-16-30)29(23-9-5-3-6-10-23)24-11-7-4-8-12-24;;/h3-14,21,29H,15-20,22H2,1-2H3;2*1H. The average molecular weight is 564 g/mol. The van der Waals surface area contributed by atoms with Gasteiger partial charge in [0, 0.05) is 38.8 Å². The van der Waals surface area contributed by atoms with Crippen LogP contribution in [-0.4, -0.2) is 75.9 Å². The molecule has 0 spiro atoms. The summed E-state index contributed by atoms with van der Waals surface area (Å²) in [5.41, 5.74) is 2.63. The van der Waals surface area contributed by atoms with Gasteiger partial charge in [-0.3, -0.25) is 9.80 Å². The predicted molar refractivity (Wildman–Crippen MR) is 153 cm³/mol. The summed E-state index contributed by atoms with van der Waals surface area (Å²) in [4.78, 5) is 17.1. The molecule has 0 aliphatic carbocycles. The molecule has 1 fully saturated rings. The van der Waals surface area contributed by atoms with E-state index in [-0.39, 0.29) is 37.5 Å². The van der Waals surface area contributed by atoms with Gasteiger partial charge in [-0.2, -0.15) is 0 Å². The maximum atomic E-state index is 12.2. The van der Waals surface area contributed by atoms with Crippen LogP contribution >= 0.6 is 24.8 Å². The third kappa shape index (κ3) is 8.61. The number of esters is 1. The van der Waals surface area contributed by atoms with E-state index in [0.29, 0.717) is 23.9 Å². The molecule has 0 radical (unpaired) electrons. The van der Waals surface area contributed by atoms with E-state index in [1.807, 2.05) is 0 Å². The number of hydrogen-bond donors (Lipinski definition) is 0. The summed E-state index contributed by atoms with van der Waals surface area (Å²) in [6.45, 7) is 5.00. The van der Waals surface area contributed by atoms with Crippen LogP contribution in [0.1, 0.15) is 17.2 Å². The molecule has 1 aliphatic heterocycles. The molecule has 0 atom stereocenters. The number of benzene rings is 3. The number of rotatable bonds is 11. The van der Waals surface area contributed by atoms with Crippen LogP contribution in [-0.2, 0) is 9.53 Å². The van der Waals surface area contributed by atoms with E-state index in [1.54, 1.807) is 25.3 Å². The Kier molecular flexibility index (Phi) is 13.4. The lowest BCUT2D eigenvalue weighted by Gasteiger charge is -2.39. The van der Waals surface area contributed by atoms with E-state index in [0.717, 1.165) is 32.7 Å². The van der Waals surface area contributed by atoms with Crippen molar-refractivity contribution >= 4 is 30.8 Å². The molecule has 0 aromatic heterocycles. The highest BCUT2D eigenvalue weighted by molar-refractivity contribution is 5.85. The summed E-state index contributed by atoms with van der Waals surface area (Å²) in [6, 6.07) is 26.6. The highest BCUT2D eigenvalue weighted by atomic mass is 35.5. The summed E-state index contributed by atoms with van der Waals surface area (Å²) in [5.74, 6) is 1.03. The van der Waals surface area contributed by atoms with E-state index < -0.39 is 5.97 Å². The van der Waals surface area contributed by atoms with Gasteiger partial charge in [-0.15, -0.1) is 24.8 Å². The van der Waals surface area contributed by atoms with Crippen molar-refractivity contribution < 1.29 is 23.7 Å². The van der Waals surface area contributed by atoms with Gasteiger partial charge in [0.15, 0.2) is 11.5 Å². The molecule has 1 saturated heterocycles. The number of hydrogen-bond acceptors (Lipinski definition) is 7. The van der Waals surface area contributed by atoms with Crippen molar-refractivity contribution in [3.63, 3.8) is 0 Å². The van der Waals surface area contributed by atoms with Crippen LogP contribution in [0.15, 0.2) is 78.9 Å². The molecule has 1 aliphatic rings. The van der Waals surface area contributed by atoms with Crippen molar-refractivity contribution in [1.82, 2.24) is 9.80 Å². The molecule has 0 bridgehead atoms. The van der Waals surface area contributed by atoms with Gasteiger partial charge in [0.2, 0.25) is 0 Å². The Morgan fingerprint density at radius 1 is 0.789 bits per heavy atom. The van der Waals surface area contributed by atoms with Crippen LogP contribution in [0.4, 0.5) is 0 Å². The lowest BCUT2D eigenvalue weighted by Crippen LogP contribution is -2.48. The minimum absolute atomic E-state index is 0. The minimum Gasteiger partial charge on any atom is -0.493 e. The minimum atomic E-state index is -0.444. The Hall–Kier alpha value is -2.81. The maximum Gasteiger partial charge on any atom is 0.337 e. The van der Waals surface area contributed by atoms with Crippen LogP contribution in [0.25, 0.3) is 0 Å². The zero-order chi connectivity index (χ0) is 25.2. The molecule has 0 unspecified atom stereocenters. The fraction of sp³-hybridized carbons (Fsp3) is 0.345. The van der Waals surface area contributed by atoms with Gasteiger partial charge in [-0.1, -0.05) is 60.7 Å². The molecule has 3 aromatic carbocycles. The fourth-order valence-electron chi connectivity index (χ4n) is 4.52. The second-order valence-corrected chi connectivity index (χ2v) is 8.64. The number of carbonyl (C=O) groups is 1. The van der Waals surface area contributed by atoms with Crippen LogP contribution in [0.3, 0.4) is 0 Å². The van der Waals surface area contributed by atoms with E-state index in [1.165, 1.54) is 18.2 Å². The first-order valence-electron chi connectivity index (χ1n) is 12.2. The van der Waals surface area contributed by atoms with Gasteiger partial charge >= 0.3 is 5.97 Å². The SMILES string of the molecule is COc1ccc(OC(=O)COCCN2CCN(C(c3ccccc3)c3ccccc3)CC2)cc1OC.Cl.Cl. The first-order valence-corrected chi connectivity index (χ1v) is 12.2. The largest absolute Gasteiger partial charge is 0.493 e. The Labute approximate surface area is 237 Å². The van der Waals surface area contributed by atoms with Gasteiger partial charge in [-0.25, -0.2) is 4.79 Å². The quantitative estimate of drug-likeness (QED) is 0.187. The first kappa shape index (κ1) is 31.4. The Balaban J connectivity index is 0.00000253. The lowest BCUT2D eigenvalue weighted by molar-refractivity contribution is -0.139. The van der Waals surface area contributed by atoms with Crippen molar-refractivity contribution in [2.45, 2.75) is 6.04 Å². The molecule has 4 rings (SSSR count). The lowest BCUT2D eigenvalue weighted by atomic mass is 9.96. The Morgan fingerprint density at radius 2 is 1.37 bits per heavy atom. The van der Waals surface area contributed by atoms with Crippen molar-refractivity contribution in [1.29, 1.82) is 0 Å². The Bertz CT molecular complexity index is 1060. The number of piperazine rings is 1. The van der Waals surface area contributed by atoms with Crippen LogP contribution in [0.2, 0.25) is 0 Å². The summed E-state index contributed by atoms with van der Waals surface area (Å²) in [6.07, 6.45) is 0. The first-order chi connectivity index (χ1) is 17.7. The van der Waals surface area contributed by atoms with Crippen molar-refractivity contribution in [3.8, 4) is 17.2 Å². The topological polar surface area (TPSA) is 60.5 Å². The summed E-state index contributed by atoms with van der Waals surface area (Å²) in [7, 11) is 3.10. The fourth-order valence-corrected chi connectivity index (χ4v) is 4.52. The number of ether oxygens (including phenoxy) is 4. The molecule has 206 valence electrons. The van der Waals surface area contributed by atoms with Crippen LogP contribution < -0.4 is 14.2 Å². The number of carbonyl (C=O) groups excluding carboxylic acids is 1. The van der Waals surface area contributed by atoms with E-state index in [2.05, 4.69) is 70.5 Å². The number of nitrogens with zero attached hydrogens (tertiary/aromatic N) is 2. The van der Waals surface area contributed by atoms with Crippen molar-refractivity contribution in [3.05, 3.63) is 90.0 Å². The van der Waals surface area contributed by atoms with Gasteiger partial charge in [0.1, 0.15) is 12.4 Å². The third-order valence-electron chi connectivity index (χ3n) is 6.36. The van der Waals surface area contributed by atoms with Gasteiger partial charge in [0.05, 0.1) is 26.9 Å². The number of halogens is 2. The zero-order valence-corrected chi connectivity index (χ0v) is 23.4. The molecule has 3 aromatic rings. The Morgan fingerprint density at radius 3 is 1.92 bits per heavy atom. The van der Waals surface area contributed by atoms with E-state index in [4.69, 9.17) is 18.9 Å². The van der Waals surface area contributed by atoms with Crippen LogP contribution in [0, 0.1) is 0 Å². The molecule has 0 saturated carbocycles. The highest BCUT2D eigenvalue weighted by Crippen LogP contribution is 2.31. The molecule has 0 amide bonds. The average Bonchev–Trinajstić information content (AvgIpc) is 2.93. The number of methoxy groups -OCH3 is 2. The highest BCUT2D eigenvalue weighted by Gasteiger charge is 2.26.